The lowest BCUT2D eigenvalue weighted by Gasteiger charge is -2.04. The van der Waals surface area contributed by atoms with Crippen molar-refractivity contribution in [2.45, 2.75) is 27.2 Å². The first-order chi connectivity index (χ1) is 7.61. The molecule has 2 aromatic rings. The second kappa shape index (κ2) is 4.26. The van der Waals surface area contributed by atoms with Crippen LogP contribution in [0.4, 0.5) is 5.00 Å². The van der Waals surface area contributed by atoms with Crippen LogP contribution in [0.15, 0.2) is 18.2 Å². The van der Waals surface area contributed by atoms with Crippen molar-refractivity contribution in [1.29, 1.82) is 0 Å². The van der Waals surface area contributed by atoms with Crippen LogP contribution in [0.1, 0.15) is 23.1 Å². The highest BCUT2D eigenvalue weighted by Crippen LogP contribution is 2.32. The number of nitrogens with two attached hydrogens (primary N) is 1. The number of anilines is 1. The minimum atomic E-state index is 0.823. The average molecular weight is 232 g/mol. The highest BCUT2D eigenvalue weighted by Gasteiger charge is 2.11. The van der Waals surface area contributed by atoms with Crippen LogP contribution in [0.5, 0.6) is 0 Å². The average Bonchev–Trinajstić information content (AvgIpc) is 2.60. The monoisotopic (exact) mass is 232 g/mol. The molecule has 0 amide bonds. The van der Waals surface area contributed by atoms with Gasteiger partial charge in [0.15, 0.2) is 0 Å². The third-order valence-corrected chi connectivity index (χ3v) is 3.67. The molecular formula is C13H16N2S. The summed E-state index contributed by atoms with van der Waals surface area (Å²) in [6, 6.07) is 6.38. The van der Waals surface area contributed by atoms with Gasteiger partial charge in [0.2, 0.25) is 0 Å². The van der Waals surface area contributed by atoms with E-state index in [1.54, 1.807) is 11.3 Å². The lowest BCUT2D eigenvalue weighted by Crippen LogP contribution is -1.89. The van der Waals surface area contributed by atoms with Crippen LogP contribution in [0.25, 0.3) is 11.3 Å². The number of rotatable bonds is 2. The van der Waals surface area contributed by atoms with Crippen LogP contribution in [-0.2, 0) is 6.42 Å². The quantitative estimate of drug-likeness (QED) is 0.859. The van der Waals surface area contributed by atoms with Gasteiger partial charge in [-0.15, -0.1) is 11.3 Å². The van der Waals surface area contributed by atoms with Gasteiger partial charge in [0, 0.05) is 5.56 Å². The molecule has 0 aliphatic rings. The van der Waals surface area contributed by atoms with Crippen LogP contribution in [0.3, 0.4) is 0 Å². The number of nitrogens with zero attached hydrogens (tertiary/aromatic N) is 1. The number of hydrogen-bond acceptors (Lipinski definition) is 3. The molecule has 84 valence electrons. The molecule has 1 aromatic carbocycles. The first kappa shape index (κ1) is 11.1. The molecule has 0 unspecified atom stereocenters. The normalized spacial score (nSPS) is 10.7. The van der Waals surface area contributed by atoms with Gasteiger partial charge in [0.25, 0.3) is 0 Å². The minimum absolute atomic E-state index is 0.823. The van der Waals surface area contributed by atoms with E-state index < -0.39 is 0 Å². The fourth-order valence-corrected chi connectivity index (χ4v) is 2.59. The van der Waals surface area contributed by atoms with E-state index in [9.17, 15) is 0 Å². The molecule has 0 bridgehead atoms. The van der Waals surface area contributed by atoms with Crippen molar-refractivity contribution in [1.82, 2.24) is 4.98 Å². The zero-order valence-electron chi connectivity index (χ0n) is 9.87. The zero-order chi connectivity index (χ0) is 11.7. The molecule has 0 aliphatic carbocycles. The Morgan fingerprint density at radius 3 is 2.62 bits per heavy atom. The summed E-state index contributed by atoms with van der Waals surface area (Å²) in [4.78, 5) is 4.58. The second-order valence-electron chi connectivity index (χ2n) is 3.99. The van der Waals surface area contributed by atoms with E-state index in [1.807, 2.05) is 0 Å². The van der Waals surface area contributed by atoms with Crippen molar-refractivity contribution in [2.75, 3.05) is 5.73 Å². The van der Waals surface area contributed by atoms with Crippen molar-refractivity contribution in [3.63, 3.8) is 0 Å². The Hall–Kier alpha value is -1.35. The SMILES string of the molecule is CCc1nc(-c2ccc(C)cc2C)c(N)s1. The number of aryl methyl sites for hydroxylation is 3. The summed E-state index contributed by atoms with van der Waals surface area (Å²) in [6.45, 7) is 6.30. The summed E-state index contributed by atoms with van der Waals surface area (Å²) >= 11 is 1.59. The first-order valence-corrected chi connectivity index (χ1v) is 6.26. The van der Waals surface area contributed by atoms with Gasteiger partial charge >= 0.3 is 0 Å². The summed E-state index contributed by atoms with van der Waals surface area (Å²) in [7, 11) is 0. The Labute approximate surface area is 100 Å². The molecule has 0 atom stereocenters. The van der Waals surface area contributed by atoms with Crippen LogP contribution in [-0.4, -0.2) is 4.98 Å². The van der Waals surface area contributed by atoms with Crippen molar-refractivity contribution < 1.29 is 0 Å². The van der Waals surface area contributed by atoms with Crippen LogP contribution >= 0.6 is 11.3 Å². The van der Waals surface area contributed by atoms with E-state index in [2.05, 4.69) is 44.0 Å². The fraction of sp³-hybridized carbons (Fsp3) is 0.308. The van der Waals surface area contributed by atoms with Gasteiger partial charge in [0.05, 0.1) is 5.01 Å². The van der Waals surface area contributed by atoms with Crippen molar-refractivity contribution in [3.05, 3.63) is 34.3 Å². The molecule has 0 spiro atoms. The Bertz CT molecular complexity index is 515. The maximum absolute atomic E-state index is 6.01. The van der Waals surface area contributed by atoms with E-state index >= 15 is 0 Å². The van der Waals surface area contributed by atoms with Gasteiger partial charge in [0.1, 0.15) is 10.7 Å². The van der Waals surface area contributed by atoms with Crippen LogP contribution in [0, 0.1) is 13.8 Å². The van der Waals surface area contributed by atoms with Crippen molar-refractivity contribution >= 4 is 16.3 Å². The van der Waals surface area contributed by atoms with E-state index in [0.29, 0.717) is 0 Å². The molecule has 1 heterocycles. The maximum atomic E-state index is 6.01. The minimum Gasteiger partial charge on any atom is -0.389 e. The standard InChI is InChI=1S/C13H16N2S/c1-4-11-15-12(13(14)16-11)10-6-5-8(2)7-9(10)3/h5-7H,4,14H2,1-3H3. The smallest absolute Gasteiger partial charge is 0.114 e. The topological polar surface area (TPSA) is 38.9 Å². The molecule has 0 fully saturated rings. The van der Waals surface area contributed by atoms with Crippen molar-refractivity contribution in [3.8, 4) is 11.3 Å². The maximum Gasteiger partial charge on any atom is 0.114 e. The number of aromatic nitrogens is 1. The van der Waals surface area contributed by atoms with Crippen LogP contribution in [0.2, 0.25) is 0 Å². The summed E-state index contributed by atoms with van der Waals surface area (Å²) in [5.41, 5.74) is 10.6. The van der Waals surface area contributed by atoms with Gasteiger partial charge in [-0.1, -0.05) is 30.7 Å². The lowest BCUT2D eigenvalue weighted by atomic mass is 10.0. The molecule has 0 saturated heterocycles. The highest BCUT2D eigenvalue weighted by molar-refractivity contribution is 7.16. The molecular weight excluding hydrogens is 216 g/mol. The van der Waals surface area contributed by atoms with E-state index in [-0.39, 0.29) is 0 Å². The number of hydrogen-bond donors (Lipinski definition) is 1. The Morgan fingerprint density at radius 2 is 2.06 bits per heavy atom. The van der Waals surface area contributed by atoms with E-state index in [4.69, 9.17) is 5.73 Å². The molecule has 16 heavy (non-hydrogen) atoms. The molecule has 0 saturated carbocycles. The van der Waals surface area contributed by atoms with Gasteiger partial charge in [-0.05, 0) is 25.8 Å². The molecule has 1 aromatic heterocycles. The largest absolute Gasteiger partial charge is 0.389 e. The molecule has 2 rings (SSSR count). The van der Waals surface area contributed by atoms with Crippen LogP contribution < -0.4 is 5.73 Å². The first-order valence-electron chi connectivity index (χ1n) is 5.44. The predicted molar refractivity (Wildman–Crippen MR) is 70.8 cm³/mol. The zero-order valence-corrected chi connectivity index (χ0v) is 10.7. The second-order valence-corrected chi connectivity index (χ2v) is 5.11. The predicted octanol–water partition coefficient (Wildman–Crippen LogP) is 3.57. The summed E-state index contributed by atoms with van der Waals surface area (Å²) in [5.74, 6) is 0. The summed E-state index contributed by atoms with van der Waals surface area (Å²) < 4.78 is 0. The highest BCUT2D eigenvalue weighted by atomic mass is 32.1. The molecule has 2 N–H and O–H groups in total. The van der Waals surface area contributed by atoms with Gasteiger partial charge in [-0.2, -0.15) is 0 Å². The van der Waals surface area contributed by atoms with Gasteiger partial charge in [-0.25, -0.2) is 4.98 Å². The third kappa shape index (κ3) is 1.95. The molecule has 0 radical (unpaired) electrons. The summed E-state index contributed by atoms with van der Waals surface area (Å²) in [6.07, 6.45) is 0.944. The third-order valence-electron chi connectivity index (χ3n) is 2.64. The van der Waals surface area contributed by atoms with Gasteiger partial charge in [-0.3, -0.25) is 0 Å². The molecule has 3 heteroatoms. The number of thiazole rings is 1. The lowest BCUT2D eigenvalue weighted by molar-refractivity contribution is 1.10. The Morgan fingerprint density at radius 1 is 1.31 bits per heavy atom. The fourth-order valence-electron chi connectivity index (χ4n) is 1.80. The summed E-state index contributed by atoms with van der Waals surface area (Å²) in [5, 5.41) is 1.93. The molecule has 2 nitrogen and oxygen atoms in total. The van der Waals surface area contributed by atoms with Gasteiger partial charge < -0.3 is 5.73 Å². The molecule has 0 aliphatic heterocycles. The van der Waals surface area contributed by atoms with E-state index in [0.717, 1.165) is 27.7 Å². The Kier molecular flexibility index (Phi) is 2.97. The Balaban J connectivity index is 2.53. The number of nitrogen functional groups attached to an aromatic ring is 1. The van der Waals surface area contributed by atoms with Crippen molar-refractivity contribution in [2.24, 2.45) is 0 Å². The number of benzene rings is 1. The van der Waals surface area contributed by atoms with E-state index in [1.165, 1.54) is 11.1 Å².